The van der Waals surface area contributed by atoms with Crippen LogP contribution in [0.4, 0.5) is 11.4 Å². The van der Waals surface area contributed by atoms with E-state index in [1.54, 1.807) is 6.92 Å². The third-order valence-corrected chi connectivity index (χ3v) is 4.57. The average Bonchev–Trinajstić information content (AvgIpc) is 2.26. The van der Waals surface area contributed by atoms with Gasteiger partial charge < -0.3 is 0 Å². The van der Waals surface area contributed by atoms with Crippen molar-refractivity contribution in [1.29, 1.82) is 0 Å². The van der Waals surface area contributed by atoms with E-state index < -0.39 is 14.9 Å². The molecule has 19 heavy (non-hydrogen) atoms. The number of benzene rings is 1. The maximum absolute atomic E-state index is 11.8. The van der Waals surface area contributed by atoms with Gasteiger partial charge in [-0.3, -0.25) is 14.8 Å². The third kappa shape index (κ3) is 4.85. The van der Waals surface area contributed by atoms with Gasteiger partial charge in [-0.15, -0.1) is 11.6 Å². The molecule has 0 radical (unpaired) electrons. The number of rotatable bonds is 6. The number of nitrogens with zero attached hydrogens (tertiary/aromatic N) is 1. The quantitative estimate of drug-likeness (QED) is 0.494. The third-order valence-electron chi connectivity index (χ3n) is 2.19. The Bertz CT molecular complexity index is 577. The zero-order valence-corrected chi connectivity index (χ0v) is 12.3. The molecular formula is C10H12Cl2N2O4S. The zero-order valence-electron chi connectivity index (χ0n) is 9.97. The van der Waals surface area contributed by atoms with Crippen LogP contribution in [0.5, 0.6) is 0 Å². The Morgan fingerprint density at radius 1 is 1.47 bits per heavy atom. The van der Waals surface area contributed by atoms with E-state index in [1.807, 2.05) is 0 Å². The van der Waals surface area contributed by atoms with Crippen LogP contribution in [0.15, 0.2) is 18.2 Å². The van der Waals surface area contributed by atoms with Crippen molar-refractivity contribution < 1.29 is 13.3 Å². The predicted octanol–water partition coefficient (Wildman–Crippen LogP) is 2.86. The number of nitro benzene ring substituents is 1. The number of alkyl halides is 1. The number of hydrogen-bond acceptors (Lipinski definition) is 4. The first-order valence-corrected chi connectivity index (χ1v) is 7.82. The van der Waals surface area contributed by atoms with Crippen molar-refractivity contribution in [3.05, 3.63) is 33.3 Å². The lowest BCUT2D eigenvalue weighted by molar-refractivity contribution is -0.384. The van der Waals surface area contributed by atoms with Crippen molar-refractivity contribution in [2.75, 3.05) is 16.4 Å². The van der Waals surface area contributed by atoms with Gasteiger partial charge in [-0.2, -0.15) is 0 Å². The van der Waals surface area contributed by atoms with Gasteiger partial charge in [0.2, 0.25) is 10.0 Å². The second kappa shape index (κ2) is 6.40. The summed E-state index contributed by atoms with van der Waals surface area (Å²) in [6.07, 6.45) is 0. The second-order valence-corrected chi connectivity index (χ2v) is 6.55. The van der Waals surface area contributed by atoms with E-state index in [1.165, 1.54) is 12.1 Å². The Morgan fingerprint density at radius 2 is 2.11 bits per heavy atom. The van der Waals surface area contributed by atoms with Crippen LogP contribution >= 0.6 is 23.2 Å². The van der Waals surface area contributed by atoms with Crippen molar-refractivity contribution in [1.82, 2.24) is 0 Å². The Morgan fingerprint density at radius 3 is 2.58 bits per heavy atom. The Hall–Kier alpha value is -1.05. The van der Waals surface area contributed by atoms with Crippen molar-refractivity contribution in [2.24, 2.45) is 5.92 Å². The van der Waals surface area contributed by atoms with E-state index in [0.717, 1.165) is 6.07 Å². The predicted molar refractivity (Wildman–Crippen MR) is 75.4 cm³/mol. The molecule has 1 aromatic carbocycles. The van der Waals surface area contributed by atoms with Crippen LogP contribution in [0.25, 0.3) is 0 Å². The normalized spacial score (nSPS) is 13.0. The molecule has 9 heteroatoms. The smallest absolute Gasteiger partial charge is 0.283 e. The van der Waals surface area contributed by atoms with Crippen molar-refractivity contribution in [2.45, 2.75) is 6.92 Å². The summed E-state index contributed by atoms with van der Waals surface area (Å²) >= 11 is 11.2. The molecule has 1 atom stereocenters. The topological polar surface area (TPSA) is 89.3 Å². The van der Waals surface area contributed by atoms with E-state index in [9.17, 15) is 18.5 Å². The van der Waals surface area contributed by atoms with Gasteiger partial charge in [-0.05, 0) is 18.1 Å². The minimum Gasteiger partial charge on any atom is -0.283 e. The molecule has 0 saturated heterocycles. The zero-order chi connectivity index (χ0) is 14.6. The van der Waals surface area contributed by atoms with Gasteiger partial charge >= 0.3 is 0 Å². The lowest BCUT2D eigenvalue weighted by Crippen LogP contribution is -2.22. The highest BCUT2D eigenvalue weighted by Gasteiger charge is 2.17. The van der Waals surface area contributed by atoms with Crippen molar-refractivity contribution in [3.63, 3.8) is 0 Å². The summed E-state index contributed by atoms with van der Waals surface area (Å²) in [5.74, 6) is -0.111. The van der Waals surface area contributed by atoms with E-state index >= 15 is 0 Å². The van der Waals surface area contributed by atoms with Crippen LogP contribution in [0, 0.1) is 16.0 Å². The maximum Gasteiger partial charge on any atom is 0.288 e. The average molecular weight is 327 g/mol. The number of anilines is 1. The molecule has 0 aliphatic rings. The standard InChI is InChI=1S/C10H12Cl2N2O4S/c1-7(5-11)6-19(17,18)13-8-2-3-10(14(15)16)9(12)4-8/h2-4,7,13H,5-6H2,1H3. The Balaban J connectivity index is 2.89. The first kappa shape index (κ1) is 16.0. The van der Waals surface area contributed by atoms with Crippen molar-refractivity contribution in [3.8, 4) is 0 Å². The molecule has 0 heterocycles. The number of halogens is 2. The SMILES string of the molecule is CC(CCl)CS(=O)(=O)Nc1ccc([N+](=O)[O-])c(Cl)c1. The molecule has 0 aliphatic carbocycles. The molecular weight excluding hydrogens is 315 g/mol. The van der Waals surface area contributed by atoms with Crippen LogP contribution in [-0.2, 0) is 10.0 Å². The molecule has 0 fully saturated rings. The molecule has 0 amide bonds. The first-order chi connectivity index (χ1) is 8.75. The highest BCUT2D eigenvalue weighted by atomic mass is 35.5. The fourth-order valence-electron chi connectivity index (χ4n) is 1.36. The molecule has 1 N–H and O–H groups in total. The molecule has 0 aromatic heterocycles. The first-order valence-electron chi connectivity index (χ1n) is 5.25. The molecule has 1 aromatic rings. The monoisotopic (exact) mass is 326 g/mol. The number of sulfonamides is 1. The maximum atomic E-state index is 11.8. The Labute approximate surface area is 120 Å². The minimum atomic E-state index is -3.56. The molecule has 0 spiro atoms. The fourth-order valence-corrected chi connectivity index (χ4v) is 3.28. The Kier molecular flexibility index (Phi) is 5.39. The summed E-state index contributed by atoms with van der Waals surface area (Å²) < 4.78 is 25.8. The van der Waals surface area contributed by atoms with Crippen LogP contribution in [0.2, 0.25) is 5.02 Å². The van der Waals surface area contributed by atoms with E-state index in [-0.39, 0.29) is 33.9 Å². The van der Waals surface area contributed by atoms with Gasteiger partial charge in [0.05, 0.1) is 16.4 Å². The second-order valence-electron chi connectivity index (χ2n) is 4.07. The van der Waals surface area contributed by atoms with Crippen LogP contribution in [-0.4, -0.2) is 25.0 Å². The summed E-state index contributed by atoms with van der Waals surface area (Å²) in [5, 5.41) is 10.4. The lowest BCUT2D eigenvalue weighted by Gasteiger charge is -2.11. The molecule has 0 saturated carbocycles. The van der Waals surface area contributed by atoms with Gasteiger partial charge in [-0.1, -0.05) is 18.5 Å². The van der Waals surface area contributed by atoms with Gasteiger partial charge in [0.1, 0.15) is 5.02 Å². The number of nitro groups is 1. The van der Waals surface area contributed by atoms with Gasteiger partial charge in [0, 0.05) is 11.9 Å². The fraction of sp³-hybridized carbons (Fsp3) is 0.400. The molecule has 6 nitrogen and oxygen atoms in total. The van der Waals surface area contributed by atoms with Crippen molar-refractivity contribution >= 4 is 44.6 Å². The minimum absolute atomic E-state index is 0.129. The largest absolute Gasteiger partial charge is 0.288 e. The van der Waals surface area contributed by atoms with E-state index in [2.05, 4.69) is 4.72 Å². The highest BCUT2D eigenvalue weighted by molar-refractivity contribution is 7.92. The number of nitrogens with one attached hydrogen (secondary N) is 1. The van der Waals surface area contributed by atoms with E-state index in [0.29, 0.717) is 0 Å². The van der Waals surface area contributed by atoms with E-state index in [4.69, 9.17) is 23.2 Å². The molecule has 106 valence electrons. The number of hydrogen-bond donors (Lipinski definition) is 1. The highest BCUT2D eigenvalue weighted by Crippen LogP contribution is 2.27. The molecule has 0 aliphatic heterocycles. The molecule has 1 unspecified atom stereocenters. The van der Waals surface area contributed by atoms with Crippen LogP contribution < -0.4 is 4.72 Å². The van der Waals surface area contributed by atoms with Gasteiger partial charge in [0.15, 0.2) is 0 Å². The lowest BCUT2D eigenvalue weighted by atomic mass is 10.3. The summed E-state index contributed by atoms with van der Waals surface area (Å²) in [4.78, 5) is 9.93. The summed E-state index contributed by atoms with van der Waals surface area (Å²) in [6.45, 7) is 1.70. The van der Waals surface area contributed by atoms with Crippen LogP contribution in [0.1, 0.15) is 6.92 Å². The summed E-state index contributed by atoms with van der Waals surface area (Å²) in [7, 11) is -3.56. The summed E-state index contributed by atoms with van der Waals surface area (Å²) in [5.41, 5.74) is -0.101. The van der Waals surface area contributed by atoms with Crippen LogP contribution in [0.3, 0.4) is 0 Å². The molecule has 0 bridgehead atoms. The van der Waals surface area contributed by atoms with Gasteiger partial charge in [-0.25, -0.2) is 8.42 Å². The summed E-state index contributed by atoms with van der Waals surface area (Å²) in [6, 6.07) is 3.63. The van der Waals surface area contributed by atoms with Gasteiger partial charge in [0.25, 0.3) is 5.69 Å². The molecule has 1 rings (SSSR count).